The van der Waals surface area contributed by atoms with Gasteiger partial charge in [0, 0.05) is 12.6 Å². The summed E-state index contributed by atoms with van der Waals surface area (Å²) in [5.41, 5.74) is 1.92. The van der Waals surface area contributed by atoms with Gasteiger partial charge in [-0.3, -0.25) is 14.4 Å². The van der Waals surface area contributed by atoms with Crippen molar-refractivity contribution in [1.29, 1.82) is 0 Å². The molecule has 0 fully saturated rings. The van der Waals surface area contributed by atoms with E-state index in [9.17, 15) is 14.4 Å². The Morgan fingerprint density at radius 1 is 0.905 bits per heavy atom. The highest BCUT2D eigenvalue weighted by molar-refractivity contribution is 6.34. The van der Waals surface area contributed by atoms with E-state index in [0.717, 1.165) is 4.90 Å². The van der Waals surface area contributed by atoms with Crippen LogP contribution in [0.25, 0.3) is 0 Å². The summed E-state index contributed by atoms with van der Waals surface area (Å²) in [6, 6.07) is 13.3. The quantitative estimate of drug-likeness (QED) is 0.859. The van der Waals surface area contributed by atoms with Gasteiger partial charge < -0.3 is 5.32 Å². The van der Waals surface area contributed by atoms with Crippen molar-refractivity contribution in [3.8, 4) is 0 Å². The van der Waals surface area contributed by atoms with E-state index in [1.807, 2.05) is 0 Å². The lowest BCUT2D eigenvalue weighted by atomic mass is 10.1. The topological polar surface area (TPSA) is 66.5 Å². The molecule has 0 saturated heterocycles. The van der Waals surface area contributed by atoms with Crippen molar-refractivity contribution in [3.63, 3.8) is 0 Å². The number of hydrogen-bond acceptors (Lipinski definition) is 3. The molecule has 0 aliphatic carbocycles. The summed E-state index contributed by atoms with van der Waals surface area (Å²) in [4.78, 5) is 36.7. The Hall–Kier alpha value is -2.95. The molecule has 0 bridgehead atoms. The summed E-state index contributed by atoms with van der Waals surface area (Å²) in [7, 11) is 0. The zero-order valence-corrected chi connectivity index (χ0v) is 11.3. The van der Waals surface area contributed by atoms with Gasteiger partial charge in [-0.1, -0.05) is 12.1 Å². The van der Waals surface area contributed by atoms with Crippen molar-refractivity contribution in [2.45, 2.75) is 6.92 Å². The second kappa shape index (κ2) is 4.86. The minimum atomic E-state index is -0.331. The van der Waals surface area contributed by atoms with Gasteiger partial charge in [-0.2, -0.15) is 0 Å². The number of rotatable bonds is 2. The molecule has 0 spiro atoms. The van der Waals surface area contributed by atoms with Crippen LogP contribution in [0, 0.1) is 0 Å². The van der Waals surface area contributed by atoms with E-state index in [-0.39, 0.29) is 17.7 Å². The first kappa shape index (κ1) is 13.1. The van der Waals surface area contributed by atoms with Crippen LogP contribution in [0.3, 0.4) is 0 Å². The maximum Gasteiger partial charge on any atom is 0.266 e. The van der Waals surface area contributed by atoms with Crippen LogP contribution in [-0.2, 0) is 4.79 Å². The van der Waals surface area contributed by atoms with Crippen molar-refractivity contribution < 1.29 is 14.4 Å². The highest BCUT2D eigenvalue weighted by Crippen LogP contribution is 2.28. The van der Waals surface area contributed by atoms with E-state index in [1.54, 1.807) is 48.5 Å². The molecule has 1 aliphatic heterocycles. The molecule has 104 valence electrons. The van der Waals surface area contributed by atoms with E-state index in [1.165, 1.54) is 6.92 Å². The Labute approximate surface area is 121 Å². The highest BCUT2D eigenvalue weighted by Gasteiger charge is 2.36. The number of nitrogens with zero attached hydrogens (tertiary/aromatic N) is 1. The summed E-state index contributed by atoms with van der Waals surface area (Å²) in [5.74, 6) is -0.839. The van der Waals surface area contributed by atoms with Crippen LogP contribution < -0.4 is 10.2 Å². The predicted molar refractivity (Wildman–Crippen MR) is 78.3 cm³/mol. The molecule has 3 rings (SSSR count). The van der Waals surface area contributed by atoms with Crippen LogP contribution in [0.5, 0.6) is 0 Å². The molecule has 0 unspecified atom stereocenters. The van der Waals surface area contributed by atoms with E-state index < -0.39 is 0 Å². The third-order valence-corrected chi connectivity index (χ3v) is 3.24. The average molecular weight is 280 g/mol. The fourth-order valence-electron chi connectivity index (χ4n) is 2.32. The first-order valence-corrected chi connectivity index (χ1v) is 6.43. The molecular weight excluding hydrogens is 268 g/mol. The Kier molecular flexibility index (Phi) is 3.02. The molecule has 0 saturated carbocycles. The SMILES string of the molecule is CC(=O)Nc1ccc(N2C(=O)c3ccccc3C2=O)cc1. The maximum atomic E-state index is 12.3. The van der Waals surface area contributed by atoms with Gasteiger partial charge in [0.15, 0.2) is 0 Å². The van der Waals surface area contributed by atoms with Crippen LogP contribution in [0.15, 0.2) is 48.5 Å². The second-order valence-electron chi connectivity index (χ2n) is 4.72. The number of nitrogens with one attached hydrogen (secondary N) is 1. The molecular formula is C16H12N2O3. The van der Waals surface area contributed by atoms with Gasteiger partial charge in [0.05, 0.1) is 16.8 Å². The smallest absolute Gasteiger partial charge is 0.266 e. The fraction of sp³-hybridized carbons (Fsp3) is 0.0625. The van der Waals surface area contributed by atoms with Crippen LogP contribution in [0.4, 0.5) is 11.4 Å². The Morgan fingerprint density at radius 3 is 1.90 bits per heavy atom. The molecule has 0 radical (unpaired) electrons. The molecule has 2 aromatic carbocycles. The fourth-order valence-corrected chi connectivity index (χ4v) is 2.32. The van der Waals surface area contributed by atoms with Crippen LogP contribution >= 0.6 is 0 Å². The average Bonchev–Trinajstić information content (AvgIpc) is 2.72. The number of hydrogen-bond donors (Lipinski definition) is 1. The molecule has 1 heterocycles. The molecule has 0 atom stereocenters. The number of anilines is 2. The maximum absolute atomic E-state index is 12.3. The summed E-state index contributed by atoms with van der Waals surface area (Å²) >= 11 is 0. The zero-order chi connectivity index (χ0) is 15.0. The number of imide groups is 1. The zero-order valence-electron chi connectivity index (χ0n) is 11.3. The van der Waals surface area contributed by atoms with Gasteiger partial charge in [-0.25, -0.2) is 4.90 Å². The molecule has 5 heteroatoms. The highest BCUT2D eigenvalue weighted by atomic mass is 16.2. The minimum absolute atomic E-state index is 0.177. The van der Waals surface area contributed by atoms with Crippen molar-refractivity contribution in [2.75, 3.05) is 10.2 Å². The number of amides is 3. The van der Waals surface area contributed by atoms with E-state index in [4.69, 9.17) is 0 Å². The van der Waals surface area contributed by atoms with Crippen LogP contribution in [0.1, 0.15) is 27.6 Å². The molecule has 1 N–H and O–H groups in total. The lowest BCUT2D eigenvalue weighted by Gasteiger charge is -2.14. The molecule has 1 aliphatic rings. The number of carbonyl (C=O) groups is 3. The van der Waals surface area contributed by atoms with Gasteiger partial charge in [0.2, 0.25) is 5.91 Å². The third kappa shape index (κ3) is 2.18. The molecule has 21 heavy (non-hydrogen) atoms. The number of fused-ring (bicyclic) bond motifs is 1. The molecule has 0 aromatic heterocycles. The first-order valence-electron chi connectivity index (χ1n) is 6.43. The van der Waals surface area contributed by atoms with E-state index >= 15 is 0 Å². The van der Waals surface area contributed by atoms with E-state index in [0.29, 0.717) is 22.5 Å². The van der Waals surface area contributed by atoms with Gasteiger partial charge in [0.1, 0.15) is 0 Å². The normalized spacial score (nSPS) is 13.3. The summed E-state index contributed by atoms with van der Waals surface area (Å²) < 4.78 is 0. The number of carbonyl (C=O) groups excluding carboxylic acids is 3. The van der Waals surface area contributed by atoms with Crippen LogP contribution in [-0.4, -0.2) is 17.7 Å². The van der Waals surface area contributed by atoms with Gasteiger partial charge in [-0.15, -0.1) is 0 Å². The van der Waals surface area contributed by atoms with Crippen molar-refractivity contribution in [1.82, 2.24) is 0 Å². The van der Waals surface area contributed by atoms with Gasteiger partial charge in [0.25, 0.3) is 11.8 Å². The molecule has 5 nitrogen and oxygen atoms in total. The van der Waals surface area contributed by atoms with Gasteiger partial charge >= 0.3 is 0 Å². The minimum Gasteiger partial charge on any atom is -0.326 e. The third-order valence-electron chi connectivity index (χ3n) is 3.24. The van der Waals surface area contributed by atoms with Crippen molar-refractivity contribution in [2.24, 2.45) is 0 Å². The second-order valence-corrected chi connectivity index (χ2v) is 4.72. The monoisotopic (exact) mass is 280 g/mol. The Bertz CT molecular complexity index is 715. The van der Waals surface area contributed by atoms with Crippen LogP contribution in [0.2, 0.25) is 0 Å². The lowest BCUT2D eigenvalue weighted by Crippen LogP contribution is -2.29. The first-order chi connectivity index (χ1) is 10.1. The van der Waals surface area contributed by atoms with E-state index in [2.05, 4.69) is 5.32 Å². The molecule has 3 amide bonds. The lowest BCUT2D eigenvalue weighted by molar-refractivity contribution is -0.114. The molecule has 2 aromatic rings. The number of benzene rings is 2. The standard InChI is InChI=1S/C16H12N2O3/c1-10(19)17-11-6-8-12(9-7-11)18-15(20)13-4-2-3-5-14(13)16(18)21/h2-9H,1H3,(H,17,19). The largest absolute Gasteiger partial charge is 0.326 e. The summed E-state index contributed by atoms with van der Waals surface area (Å²) in [6.45, 7) is 1.41. The van der Waals surface area contributed by atoms with Gasteiger partial charge in [-0.05, 0) is 36.4 Å². The van der Waals surface area contributed by atoms with Crippen molar-refractivity contribution >= 4 is 29.1 Å². The Morgan fingerprint density at radius 2 is 1.43 bits per heavy atom. The predicted octanol–water partition coefficient (Wildman–Crippen LogP) is 2.45. The van der Waals surface area contributed by atoms with Crippen molar-refractivity contribution in [3.05, 3.63) is 59.7 Å². The summed E-state index contributed by atoms with van der Waals surface area (Å²) in [6.07, 6.45) is 0. The Balaban J connectivity index is 1.94. The summed E-state index contributed by atoms with van der Waals surface area (Å²) in [5, 5.41) is 2.63.